The van der Waals surface area contributed by atoms with E-state index in [9.17, 15) is 0 Å². The molecule has 1 aliphatic heterocycles. The smallest absolute Gasteiger partial charge is 0.166 e. The first-order chi connectivity index (χ1) is 11.0. The third-order valence-corrected chi connectivity index (χ3v) is 4.44. The summed E-state index contributed by atoms with van der Waals surface area (Å²) in [6, 6.07) is 3.70. The number of hydrogen-bond acceptors (Lipinski definition) is 6. The van der Waals surface area contributed by atoms with Crippen LogP contribution in [-0.4, -0.2) is 34.7 Å². The fourth-order valence-electron chi connectivity index (χ4n) is 3.23. The molecule has 6 heteroatoms. The van der Waals surface area contributed by atoms with Crippen LogP contribution in [0.4, 0.5) is 11.6 Å². The van der Waals surface area contributed by atoms with E-state index in [4.69, 9.17) is 10.5 Å². The van der Waals surface area contributed by atoms with Crippen LogP contribution in [-0.2, 0) is 4.74 Å². The van der Waals surface area contributed by atoms with Gasteiger partial charge in [-0.2, -0.15) is 0 Å². The Morgan fingerprint density at radius 2 is 2.04 bits per heavy atom. The average molecular weight is 315 g/mol. The highest BCUT2D eigenvalue weighted by atomic mass is 16.5. The van der Waals surface area contributed by atoms with E-state index in [-0.39, 0.29) is 5.41 Å². The fraction of sp³-hybridized carbons (Fsp3) is 0.588. The minimum absolute atomic E-state index is 0.195. The van der Waals surface area contributed by atoms with Crippen LogP contribution in [0.5, 0.6) is 0 Å². The first kappa shape index (κ1) is 15.9. The van der Waals surface area contributed by atoms with Crippen LogP contribution in [0.25, 0.3) is 11.0 Å². The third kappa shape index (κ3) is 4.07. The van der Waals surface area contributed by atoms with E-state index in [0.29, 0.717) is 11.5 Å². The highest BCUT2D eigenvalue weighted by Gasteiger charge is 2.25. The zero-order chi connectivity index (χ0) is 16.3. The van der Waals surface area contributed by atoms with Gasteiger partial charge < -0.3 is 15.8 Å². The van der Waals surface area contributed by atoms with Crippen molar-refractivity contribution < 1.29 is 4.74 Å². The van der Waals surface area contributed by atoms with Crippen LogP contribution in [0, 0.1) is 11.3 Å². The van der Waals surface area contributed by atoms with Crippen molar-refractivity contribution in [3.05, 3.63) is 18.5 Å². The zero-order valence-electron chi connectivity index (χ0n) is 13.9. The number of nitrogens with two attached hydrogens (primary N) is 1. The molecule has 0 atom stereocenters. The lowest BCUT2D eigenvalue weighted by Gasteiger charge is -2.32. The summed E-state index contributed by atoms with van der Waals surface area (Å²) in [6.45, 7) is 7.26. The molecular weight excluding hydrogens is 290 g/mol. The highest BCUT2D eigenvalue weighted by Crippen LogP contribution is 2.31. The number of nitrogens with one attached hydrogen (secondary N) is 1. The molecule has 1 aliphatic rings. The van der Waals surface area contributed by atoms with E-state index in [1.165, 1.54) is 25.6 Å². The molecule has 0 aliphatic carbocycles. The van der Waals surface area contributed by atoms with Gasteiger partial charge in [0.25, 0.3) is 0 Å². The lowest BCUT2D eigenvalue weighted by Crippen LogP contribution is -2.29. The van der Waals surface area contributed by atoms with Gasteiger partial charge in [0.2, 0.25) is 0 Å². The lowest BCUT2D eigenvalue weighted by molar-refractivity contribution is 0.0526. The van der Waals surface area contributed by atoms with Gasteiger partial charge in [0.1, 0.15) is 18.0 Å². The maximum Gasteiger partial charge on any atom is 0.166 e. The zero-order valence-corrected chi connectivity index (χ0v) is 13.9. The molecule has 0 radical (unpaired) electrons. The van der Waals surface area contributed by atoms with E-state index in [2.05, 4.69) is 34.1 Å². The summed E-state index contributed by atoms with van der Waals surface area (Å²) in [5.74, 6) is 2.05. The van der Waals surface area contributed by atoms with Gasteiger partial charge in [0.15, 0.2) is 5.65 Å². The summed E-state index contributed by atoms with van der Waals surface area (Å²) in [4.78, 5) is 12.8. The monoisotopic (exact) mass is 315 g/mol. The summed E-state index contributed by atoms with van der Waals surface area (Å²) in [6.07, 6.45) is 5.06. The van der Waals surface area contributed by atoms with Crippen molar-refractivity contribution in [2.75, 3.05) is 30.8 Å². The van der Waals surface area contributed by atoms with Gasteiger partial charge in [0.05, 0.1) is 5.39 Å². The molecule has 3 rings (SSSR count). The Morgan fingerprint density at radius 3 is 2.83 bits per heavy atom. The molecule has 0 saturated carbocycles. The van der Waals surface area contributed by atoms with Crippen molar-refractivity contribution in [3.63, 3.8) is 0 Å². The van der Waals surface area contributed by atoms with E-state index >= 15 is 0 Å². The Kier molecular flexibility index (Phi) is 4.61. The van der Waals surface area contributed by atoms with Crippen LogP contribution >= 0.6 is 0 Å². The molecule has 0 bridgehead atoms. The molecule has 0 spiro atoms. The van der Waals surface area contributed by atoms with Crippen LogP contribution in [0.3, 0.4) is 0 Å². The van der Waals surface area contributed by atoms with E-state index in [1.807, 2.05) is 6.07 Å². The number of anilines is 2. The number of nitrogens with zero attached hydrogens (tertiary/aromatic N) is 3. The molecule has 124 valence electrons. The molecule has 2 aromatic heterocycles. The van der Waals surface area contributed by atoms with Crippen molar-refractivity contribution in [2.24, 2.45) is 11.3 Å². The molecule has 0 unspecified atom stereocenters. The number of hydrogen-bond donors (Lipinski definition) is 2. The first-order valence-corrected chi connectivity index (χ1v) is 8.22. The first-order valence-electron chi connectivity index (χ1n) is 8.22. The number of ether oxygens (including phenoxy) is 1. The van der Waals surface area contributed by atoms with Crippen molar-refractivity contribution >= 4 is 22.7 Å². The van der Waals surface area contributed by atoms with Crippen molar-refractivity contribution in [1.29, 1.82) is 0 Å². The molecule has 0 aromatic carbocycles. The highest BCUT2D eigenvalue weighted by molar-refractivity contribution is 5.87. The van der Waals surface area contributed by atoms with Gasteiger partial charge in [-0.3, -0.25) is 0 Å². The molecule has 3 heterocycles. The number of fused-ring (bicyclic) bond motifs is 1. The van der Waals surface area contributed by atoms with E-state index < -0.39 is 0 Å². The molecule has 2 aromatic rings. The van der Waals surface area contributed by atoms with Crippen molar-refractivity contribution in [3.8, 4) is 0 Å². The number of pyridine rings is 1. The normalized spacial score (nSPS) is 16.6. The SMILES string of the molecule is CC(C)(CNc1ncnc2nc(N)ccc12)CC1CCOCC1. The summed E-state index contributed by atoms with van der Waals surface area (Å²) in [5, 5.41) is 4.38. The minimum Gasteiger partial charge on any atom is -0.384 e. The van der Waals surface area contributed by atoms with E-state index in [0.717, 1.165) is 36.9 Å². The fourth-order valence-corrected chi connectivity index (χ4v) is 3.23. The standard InChI is InChI=1S/C17H25N5O/c1-17(2,9-12-5-7-23-8-6-12)10-19-15-13-3-4-14(18)22-16(13)21-11-20-15/h3-4,11-12H,5-10H2,1-2H3,(H3,18,19,20,21,22). The molecule has 6 nitrogen and oxygen atoms in total. The molecule has 23 heavy (non-hydrogen) atoms. The second kappa shape index (κ2) is 6.66. The predicted octanol–water partition coefficient (Wildman–Crippen LogP) is 2.86. The van der Waals surface area contributed by atoms with Crippen LogP contribution in [0.1, 0.15) is 33.1 Å². The summed E-state index contributed by atoms with van der Waals surface area (Å²) in [5.41, 5.74) is 6.54. The van der Waals surface area contributed by atoms with Gasteiger partial charge >= 0.3 is 0 Å². The van der Waals surface area contributed by atoms with Crippen molar-refractivity contribution in [2.45, 2.75) is 33.1 Å². The second-order valence-corrected chi connectivity index (χ2v) is 7.11. The molecular formula is C17H25N5O. The van der Waals surface area contributed by atoms with Crippen LogP contribution < -0.4 is 11.1 Å². The Labute approximate surface area is 136 Å². The quantitative estimate of drug-likeness (QED) is 0.882. The van der Waals surface area contributed by atoms with Gasteiger partial charge in [-0.1, -0.05) is 13.8 Å². The van der Waals surface area contributed by atoms with Gasteiger partial charge in [-0.15, -0.1) is 0 Å². The third-order valence-electron chi connectivity index (χ3n) is 4.44. The maximum absolute atomic E-state index is 5.72. The van der Waals surface area contributed by atoms with Gasteiger partial charge in [-0.25, -0.2) is 15.0 Å². The van der Waals surface area contributed by atoms with Gasteiger partial charge in [0, 0.05) is 19.8 Å². The number of nitrogen functional groups attached to an aromatic ring is 1. The average Bonchev–Trinajstić information content (AvgIpc) is 2.53. The molecule has 3 N–H and O–H groups in total. The number of rotatable bonds is 5. The number of aromatic nitrogens is 3. The Bertz CT molecular complexity index is 667. The van der Waals surface area contributed by atoms with E-state index in [1.54, 1.807) is 6.07 Å². The second-order valence-electron chi connectivity index (χ2n) is 7.11. The Hall–Kier alpha value is -1.95. The maximum atomic E-state index is 5.72. The van der Waals surface area contributed by atoms with Gasteiger partial charge in [-0.05, 0) is 42.7 Å². The summed E-state index contributed by atoms with van der Waals surface area (Å²) in [7, 11) is 0. The Balaban J connectivity index is 1.67. The van der Waals surface area contributed by atoms with Crippen molar-refractivity contribution in [1.82, 2.24) is 15.0 Å². The van der Waals surface area contributed by atoms with Crippen LogP contribution in [0.2, 0.25) is 0 Å². The molecule has 0 amide bonds. The largest absolute Gasteiger partial charge is 0.384 e. The molecule has 1 saturated heterocycles. The predicted molar refractivity (Wildman–Crippen MR) is 92.2 cm³/mol. The lowest BCUT2D eigenvalue weighted by atomic mass is 9.79. The Morgan fingerprint density at radius 1 is 1.26 bits per heavy atom. The summed E-state index contributed by atoms with van der Waals surface area (Å²) >= 11 is 0. The minimum atomic E-state index is 0.195. The van der Waals surface area contributed by atoms with Crippen LogP contribution in [0.15, 0.2) is 18.5 Å². The topological polar surface area (TPSA) is 86.0 Å². The summed E-state index contributed by atoms with van der Waals surface area (Å²) < 4.78 is 5.45. The molecule has 1 fully saturated rings.